The molecular weight excluding hydrogens is 894 g/mol. The fraction of sp³-hybridized carbons (Fsp3) is 0.256. The second-order valence-corrected chi connectivity index (χ2v) is 17.4. The predicted molar refractivity (Wildman–Crippen MR) is 246 cm³/mol. The Labute approximate surface area is 383 Å². The summed E-state index contributed by atoms with van der Waals surface area (Å²) >= 11 is 9.03. The molecule has 2 amide bonds. The number of nitrogens with one attached hydrogen (secondary N) is 2. The third-order valence-corrected chi connectivity index (χ3v) is 13.0. The van der Waals surface area contributed by atoms with Gasteiger partial charge < -0.3 is 55.1 Å². The maximum Gasteiger partial charge on any atom is 0.240 e. The Hall–Kier alpha value is -7.23. The molecule has 4 aliphatic rings. The molecule has 332 valence electrons. The van der Waals surface area contributed by atoms with E-state index in [2.05, 4.69) is 35.6 Å². The first-order valence-electron chi connectivity index (χ1n) is 20.7. The summed E-state index contributed by atoms with van der Waals surface area (Å²) in [6, 6.07) is 15.0. The van der Waals surface area contributed by atoms with Crippen LogP contribution in [0, 0.1) is 5.92 Å². The minimum atomic E-state index is -0.384. The van der Waals surface area contributed by atoms with Gasteiger partial charge in [-0.05, 0) is 84.4 Å². The van der Waals surface area contributed by atoms with Gasteiger partial charge in [0.25, 0.3) is 0 Å². The van der Waals surface area contributed by atoms with Gasteiger partial charge in [0.2, 0.25) is 36.6 Å². The van der Waals surface area contributed by atoms with Crippen LogP contribution in [0.2, 0.25) is 5.28 Å². The van der Waals surface area contributed by atoms with Gasteiger partial charge in [-0.3, -0.25) is 9.59 Å². The summed E-state index contributed by atoms with van der Waals surface area (Å²) < 4.78 is 25.4. The number of aromatic nitrogens is 8. The van der Waals surface area contributed by atoms with Crippen LogP contribution in [0.25, 0.3) is 31.8 Å². The smallest absolute Gasteiger partial charge is 0.240 e. The largest absolute Gasteiger partial charge is 0.454 e. The van der Waals surface area contributed by atoms with E-state index in [1.807, 2.05) is 85.7 Å². The summed E-state index contributed by atoms with van der Waals surface area (Å²) in [5, 5.41) is 12.4. The number of rotatable bonds is 9. The number of nitrogens with zero attached hydrogens (tertiary/aromatic N) is 9. The Balaban J connectivity index is 0.000000134. The van der Waals surface area contributed by atoms with Crippen molar-refractivity contribution in [2.45, 2.75) is 44.6 Å². The van der Waals surface area contributed by atoms with Crippen molar-refractivity contribution in [3.8, 4) is 34.4 Å². The van der Waals surface area contributed by atoms with Crippen molar-refractivity contribution in [3.05, 3.63) is 89.6 Å². The van der Waals surface area contributed by atoms with Gasteiger partial charge in [-0.2, -0.15) is 9.97 Å². The van der Waals surface area contributed by atoms with Gasteiger partial charge in [0.1, 0.15) is 51.6 Å². The molecule has 0 bridgehead atoms. The van der Waals surface area contributed by atoms with Crippen molar-refractivity contribution in [2.24, 2.45) is 17.4 Å². The number of ether oxygens (including phenoxy) is 4. The van der Waals surface area contributed by atoms with E-state index in [-0.39, 0.29) is 42.6 Å². The minimum absolute atomic E-state index is 0.109. The maximum absolute atomic E-state index is 11.9. The van der Waals surface area contributed by atoms with E-state index in [9.17, 15) is 9.59 Å². The number of hydrogen-bond acceptors (Lipinski definition) is 17. The molecule has 8 aromatic rings. The zero-order valence-corrected chi connectivity index (χ0v) is 36.8. The van der Waals surface area contributed by atoms with Crippen LogP contribution in [0.15, 0.2) is 84.3 Å². The first kappa shape index (κ1) is 41.8. The monoisotopic (exact) mass is 933 g/mol. The van der Waals surface area contributed by atoms with Gasteiger partial charge in [0, 0.05) is 24.6 Å². The Morgan fingerprint density at radius 2 is 1.22 bits per heavy atom. The molecular formula is C43H40ClN13O6S2. The van der Waals surface area contributed by atoms with Crippen LogP contribution < -0.4 is 45.9 Å². The quantitative estimate of drug-likeness (QED) is 0.103. The molecule has 3 aliphatic heterocycles. The maximum atomic E-state index is 11.9. The number of imidazole rings is 2. The van der Waals surface area contributed by atoms with Crippen molar-refractivity contribution in [1.29, 1.82) is 0 Å². The van der Waals surface area contributed by atoms with Gasteiger partial charge in [-0.25, -0.2) is 19.9 Å². The lowest BCUT2D eigenvalue weighted by Gasteiger charge is -2.22. The van der Waals surface area contributed by atoms with Crippen LogP contribution in [-0.2, 0) is 9.59 Å². The zero-order valence-electron chi connectivity index (χ0n) is 34.4. The van der Waals surface area contributed by atoms with E-state index in [0.717, 1.165) is 68.3 Å². The van der Waals surface area contributed by atoms with Crippen molar-refractivity contribution in [1.82, 2.24) is 39.0 Å². The van der Waals surface area contributed by atoms with E-state index >= 15 is 0 Å². The molecule has 1 saturated heterocycles. The van der Waals surface area contributed by atoms with Crippen LogP contribution in [0.3, 0.4) is 0 Å². The summed E-state index contributed by atoms with van der Waals surface area (Å²) in [6.45, 7) is 1.18. The topological polar surface area (TPSA) is 238 Å². The number of nitrogens with two attached hydrogens (primary N) is 2. The van der Waals surface area contributed by atoms with E-state index in [0.29, 0.717) is 47.9 Å². The molecule has 1 aliphatic carbocycles. The molecule has 9 heterocycles. The fourth-order valence-electron chi connectivity index (χ4n) is 7.90. The first-order chi connectivity index (χ1) is 31.7. The lowest BCUT2D eigenvalue weighted by Crippen LogP contribution is -2.41. The molecule has 6 aromatic heterocycles. The molecule has 2 fully saturated rings. The zero-order chi connectivity index (χ0) is 44.4. The summed E-state index contributed by atoms with van der Waals surface area (Å²) in [6.07, 6.45) is 13.2. The van der Waals surface area contributed by atoms with Crippen LogP contribution in [0.1, 0.15) is 38.5 Å². The third-order valence-electron chi connectivity index (χ3n) is 11.2. The Morgan fingerprint density at radius 1 is 0.662 bits per heavy atom. The lowest BCUT2D eigenvalue weighted by atomic mass is 10.1. The van der Waals surface area contributed by atoms with Gasteiger partial charge in [0.15, 0.2) is 23.0 Å². The van der Waals surface area contributed by atoms with Crippen LogP contribution >= 0.6 is 34.3 Å². The second-order valence-electron chi connectivity index (χ2n) is 15.3. The summed E-state index contributed by atoms with van der Waals surface area (Å²) in [7, 11) is 0. The number of benzene rings is 2. The lowest BCUT2D eigenvalue weighted by molar-refractivity contribution is -0.121. The average molecular weight is 934 g/mol. The number of thiophene rings is 2. The molecule has 65 heavy (non-hydrogen) atoms. The normalized spacial score (nSPS) is 16.0. The third kappa shape index (κ3) is 8.97. The highest BCUT2D eigenvalue weighted by molar-refractivity contribution is 7.17. The minimum Gasteiger partial charge on any atom is -0.454 e. The molecule has 12 rings (SSSR count). The van der Waals surface area contributed by atoms with Crippen LogP contribution in [-0.4, -0.2) is 77.0 Å². The molecule has 6 N–H and O–H groups in total. The molecule has 1 saturated carbocycles. The predicted octanol–water partition coefficient (Wildman–Crippen LogP) is 7.47. The summed E-state index contributed by atoms with van der Waals surface area (Å²) in [5.74, 6) is 5.71. The molecule has 22 heteroatoms. The van der Waals surface area contributed by atoms with Crippen molar-refractivity contribution >= 4 is 95.7 Å². The average Bonchev–Trinajstić information content (AvgIpc) is 4.14. The van der Waals surface area contributed by atoms with Gasteiger partial charge in [-0.1, -0.05) is 12.8 Å². The number of carbonyl (C=O) groups is 2. The number of primary amides is 2. The molecule has 0 radical (unpaired) electrons. The van der Waals surface area contributed by atoms with Gasteiger partial charge in [-0.15, -0.1) is 22.7 Å². The number of carbonyl (C=O) groups excluding carboxylic acids is 2. The highest BCUT2D eigenvalue weighted by atomic mass is 35.5. The summed E-state index contributed by atoms with van der Waals surface area (Å²) in [4.78, 5) is 52.6. The van der Waals surface area contributed by atoms with Crippen molar-refractivity contribution < 1.29 is 28.5 Å². The number of fused-ring (bicyclic) bond motifs is 4. The molecule has 19 nitrogen and oxygen atoms in total. The highest BCUT2D eigenvalue weighted by Gasteiger charge is 2.32. The van der Waals surface area contributed by atoms with Gasteiger partial charge >= 0.3 is 0 Å². The number of halogens is 1. The van der Waals surface area contributed by atoms with Crippen LogP contribution in [0.5, 0.6) is 23.0 Å². The molecule has 0 spiro atoms. The first-order valence-corrected chi connectivity index (χ1v) is 22.8. The number of anilines is 5. The Kier molecular flexibility index (Phi) is 11.6. The van der Waals surface area contributed by atoms with Crippen LogP contribution in [0.4, 0.5) is 29.2 Å². The SMILES string of the molecule is Clc1nc(Nc2cn(-c3ccc4c(c3)OCO4)cn2)c2ccsc2n1.NC(=O)C1CCCC1.NC(=O)[C@@H]1CCCN1c1nc(Nc2cn(-c3ccc4c(c3)OCO4)cn2)c2ccsc2n1. The molecule has 1 atom stereocenters. The van der Waals surface area contributed by atoms with E-state index < -0.39 is 0 Å². The highest BCUT2D eigenvalue weighted by Crippen LogP contribution is 2.37. The second kappa shape index (κ2) is 18.1. The standard InChI is InChI=1S/C21H19N7O3S.C16H10ClN5O2S.C6H11NO/c22-18(29)14-2-1-6-28(14)21-25-19(13-5-7-32-20(13)26-21)24-17-9-27(10-23-17)12-3-4-15-16(8-12)31-11-30-15;17-16-20-14(10-3-4-25-15(10)21-16)19-13-6-22(7-18-13)9-1-2-11-12(5-9)24-8-23-11;7-6(8)5-3-1-2-4-5/h3-5,7-10,14H,1-2,6,11H2,(H2,22,29)(H,24,25,26);1-7H,8H2,(H,19,20,21);5H,1-4H2,(H2,7,8)/t14-;;/m0../s1. The van der Waals surface area contributed by atoms with Crippen molar-refractivity contribution in [2.75, 3.05) is 35.7 Å². The Bertz CT molecular complexity index is 3040. The van der Waals surface area contributed by atoms with E-state index in [1.54, 1.807) is 12.7 Å². The summed E-state index contributed by atoms with van der Waals surface area (Å²) in [5.41, 5.74) is 12.5. The fourth-order valence-corrected chi connectivity index (χ4v) is 9.64. The Morgan fingerprint density at radius 3 is 1.77 bits per heavy atom. The number of hydrogen-bond donors (Lipinski definition) is 4. The van der Waals surface area contributed by atoms with E-state index in [4.69, 9.17) is 47.0 Å². The molecule has 2 aromatic carbocycles. The number of amides is 2. The van der Waals surface area contributed by atoms with E-state index in [1.165, 1.54) is 35.5 Å². The van der Waals surface area contributed by atoms with Crippen molar-refractivity contribution in [3.63, 3.8) is 0 Å². The molecule has 0 unspecified atom stereocenters. The van der Waals surface area contributed by atoms with Gasteiger partial charge in [0.05, 0.1) is 34.5 Å².